The molecule has 1 aromatic rings. The van der Waals surface area contributed by atoms with Crippen LogP contribution in [0.5, 0.6) is 0 Å². The Hall–Kier alpha value is -1.39. The highest BCUT2D eigenvalue weighted by Crippen LogP contribution is 2.32. The minimum atomic E-state index is -0.0173. The Morgan fingerprint density at radius 3 is 2.81 bits per heavy atom. The van der Waals surface area contributed by atoms with E-state index in [0.29, 0.717) is 0 Å². The summed E-state index contributed by atoms with van der Waals surface area (Å²) in [7, 11) is 0. The molecule has 3 heterocycles. The highest BCUT2D eigenvalue weighted by atomic mass is 16.5. The molecule has 0 atom stereocenters. The number of benzene rings is 1. The van der Waals surface area contributed by atoms with E-state index >= 15 is 0 Å². The standard InChI is InChI=1S/C17H22N2O2/c20-16-15-4-2-1-3-14(15)9-17(18-16)11-19(12-17)10-13-5-7-21-8-6-13/h1-4,13H,5-12H2,(H,18,20). The molecule has 3 aliphatic heterocycles. The number of ether oxygens (including phenoxy) is 1. The maximum Gasteiger partial charge on any atom is 0.252 e. The van der Waals surface area contributed by atoms with Crippen LogP contribution in [0.4, 0.5) is 0 Å². The lowest BCUT2D eigenvalue weighted by molar-refractivity contribution is 0.000153. The van der Waals surface area contributed by atoms with E-state index in [0.717, 1.165) is 50.8 Å². The van der Waals surface area contributed by atoms with Crippen molar-refractivity contribution in [1.29, 1.82) is 0 Å². The summed E-state index contributed by atoms with van der Waals surface area (Å²) in [4.78, 5) is 14.7. The number of hydrogen-bond donors (Lipinski definition) is 1. The first-order valence-electron chi connectivity index (χ1n) is 7.95. The zero-order chi connectivity index (χ0) is 14.3. The van der Waals surface area contributed by atoms with Crippen LogP contribution in [0, 0.1) is 5.92 Å². The summed E-state index contributed by atoms with van der Waals surface area (Å²) in [5.41, 5.74) is 2.04. The van der Waals surface area contributed by atoms with Crippen LogP contribution in [0.3, 0.4) is 0 Å². The number of carbonyl (C=O) groups is 1. The van der Waals surface area contributed by atoms with Gasteiger partial charge in [0.1, 0.15) is 0 Å². The normalized spacial score (nSPS) is 25.2. The second kappa shape index (κ2) is 5.11. The highest BCUT2D eigenvalue weighted by Gasteiger charge is 2.47. The van der Waals surface area contributed by atoms with Gasteiger partial charge in [-0.3, -0.25) is 9.69 Å². The minimum Gasteiger partial charge on any atom is -0.381 e. The predicted octanol–water partition coefficient (Wildman–Crippen LogP) is 1.45. The third kappa shape index (κ3) is 2.47. The molecule has 2 fully saturated rings. The van der Waals surface area contributed by atoms with Crippen molar-refractivity contribution in [3.8, 4) is 0 Å². The van der Waals surface area contributed by atoms with Crippen LogP contribution in [0.2, 0.25) is 0 Å². The quantitative estimate of drug-likeness (QED) is 0.895. The minimum absolute atomic E-state index is 0.0173. The summed E-state index contributed by atoms with van der Waals surface area (Å²) < 4.78 is 5.42. The fourth-order valence-electron chi connectivity index (χ4n) is 4.04. The monoisotopic (exact) mass is 286 g/mol. The van der Waals surface area contributed by atoms with E-state index < -0.39 is 0 Å². The van der Waals surface area contributed by atoms with Gasteiger partial charge in [0.25, 0.3) is 5.91 Å². The van der Waals surface area contributed by atoms with Gasteiger partial charge in [-0.2, -0.15) is 0 Å². The van der Waals surface area contributed by atoms with E-state index in [2.05, 4.69) is 16.3 Å². The molecule has 1 spiro atoms. The van der Waals surface area contributed by atoms with Gasteiger partial charge in [-0.05, 0) is 36.8 Å². The second-order valence-electron chi connectivity index (χ2n) is 6.79. The summed E-state index contributed by atoms with van der Waals surface area (Å²) in [5.74, 6) is 0.866. The van der Waals surface area contributed by atoms with E-state index in [4.69, 9.17) is 4.74 Å². The lowest BCUT2D eigenvalue weighted by atomic mass is 9.78. The molecule has 1 amide bonds. The fraction of sp³-hybridized carbons (Fsp3) is 0.588. The van der Waals surface area contributed by atoms with Gasteiger partial charge in [-0.25, -0.2) is 0 Å². The van der Waals surface area contributed by atoms with Crippen LogP contribution in [0.1, 0.15) is 28.8 Å². The molecule has 3 aliphatic rings. The van der Waals surface area contributed by atoms with Crippen molar-refractivity contribution >= 4 is 5.91 Å². The average Bonchev–Trinajstić information content (AvgIpc) is 2.47. The molecule has 1 N–H and O–H groups in total. The maximum absolute atomic E-state index is 12.2. The third-order valence-corrected chi connectivity index (χ3v) is 5.08. The van der Waals surface area contributed by atoms with Gasteiger partial charge < -0.3 is 10.1 Å². The van der Waals surface area contributed by atoms with Crippen LogP contribution < -0.4 is 5.32 Å². The summed E-state index contributed by atoms with van der Waals surface area (Å²) in [6.07, 6.45) is 3.33. The van der Waals surface area contributed by atoms with Gasteiger partial charge in [0.05, 0.1) is 5.54 Å². The Morgan fingerprint density at radius 1 is 1.24 bits per heavy atom. The molecular formula is C17H22N2O2. The summed E-state index contributed by atoms with van der Waals surface area (Å²) in [6.45, 7) is 4.96. The Kier molecular flexibility index (Phi) is 3.23. The number of carbonyl (C=O) groups excluding carboxylic acids is 1. The number of hydrogen-bond acceptors (Lipinski definition) is 3. The molecule has 112 valence electrons. The molecule has 0 bridgehead atoms. The molecule has 0 aliphatic carbocycles. The summed E-state index contributed by atoms with van der Waals surface area (Å²) >= 11 is 0. The van der Waals surface area contributed by atoms with Crippen LogP contribution >= 0.6 is 0 Å². The van der Waals surface area contributed by atoms with Gasteiger partial charge in [0, 0.05) is 38.4 Å². The highest BCUT2D eigenvalue weighted by molar-refractivity contribution is 5.97. The number of amides is 1. The number of likely N-dealkylation sites (tertiary alicyclic amines) is 1. The molecule has 4 rings (SSSR count). The molecule has 4 heteroatoms. The molecule has 0 saturated carbocycles. The first kappa shape index (κ1) is 13.3. The van der Waals surface area contributed by atoms with Crippen molar-refractivity contribution in [2.75, 3.05) is 32.8 Å². The Bertz CT molecular complexity index is 545. The van der Waals surface area contributed by atoms with E-state index in [9.17, 15) is 4.79 Å². The first-order valence-corrected chi connectivity index (χ1v) is 7.95. The van der Waals surface area contributed by atoms with Gasteiger partial charge in [-0.15, -0.1) is 0 Å². The van der Waals surface area contributed by atoms with E-state index in [-0.39, 0.29) is 11.4 Å². The lowest BCUT2D eigenvalue weighted by Gasteiger charge is -2.53. The first-order chi connectivity index (χ1) is 10.2. The topological polar surface area (TPSA) is 41.6 Å². The summed E-state index contributed by atoms with van der Waals surface area (Å²) in [5, 5.41) is 3.25. The zero-order valence-electron chi connectivity index (χ0n) is 12.3. The molecular weight excluding hydrogens is 264 g/mol. The van der Waals surface area contributed by atoms with Gasteiger partial charge in [-0.1, -0.05) is 18.2 Å². The lowest BCUT2D eigenvalue weighted by Crippen LogP contribution is -2.73. The SMILES string of the molecule is O=C1NC2(Cc3ccccc31)CN(CC1CCOCC1)C2. The van der Waals surface area contributed by atoms with Crippen molar-refractivity contribution in [3.05, 3.63) is 35.4 Å². The molecule has 0 aromatic heterocycles. The average molecular weight is 286 g/mol. The molecule has 0 radical (unpaired) electrons. The van der Waals surface area contributed by atoms with Crippen molar-refractivity contribution in [1.82, 2.24) is 10.2 Å². The van der Waals surface area contributed by atoms with Crippen LogP contribution in [-0.4, -0.2) is 49.2 Å². The van der Waals surface area contributed by atoms with Crippen LogP contribution in [-0.2, 0) is 11.2 Å². The Balaban J connectivity index is 1.39. The van der Waals surface area contributed by atoms with Crippen molar-refractivity contribution < 1.29 is 9.53 Å². The number of fused-ring (bicyclic) bond motifs is 1. The molecule has 0 unspecified atom stereocenters. The predicted molar refractivity (Wildman–Crippen MR) is 80.3 cm³/mol. The zero-order valence-corrected chi connectivity index (χ0v) is 12.3. The fourth-order valence-corrected chi connectivity index (χ4v) is 4.04. The molecule has 2 saturated heterocycles. The van der Waals surface area contributed by atoms with Crippen LogP contribution in [0.25, 0.3) is 0 Å². The molecule has 4 nitrogen and oxygen atoms in total. The summed E-state index contributed by atoms with van der Waals surface area (Å²) in [6, 6.07) is 7.99. The number of nitrogens with one attached hydrogen (secondary N) is 1. The third-order valence-electron chi connectivity index (χ3n) is 5.08. The number of rotatable bonds is 2. The maximum atomic E-state index is 12.2. The molecule has 21 heavy (non-hydrogen) atoms. The van der Waals surface area contributed by atoms with Crippen molar-refractivity contribution in [2.24, 2.45) is 5.92 Å². The van der Waals surface area contributed by atoms with E-state index in [1.54, 1.807) is 0 Å². The van der Waals surface area contributed by atoms with Gasteiger partial charge in [0.2, 0.25) is 0 Å². The van der Waals surface area contributed by atoms with Gasteiger partial charge in [0.15, 0.2) is 0 Å². The van der Waals surface area contributed by atoms with Crippen molar-refractivity contribution in [2.45, 2.75) is 24.8 Å². The smallest absolute Gasteiger partial charge is 0.252 e. The van der Waals surface area contributed by atoms with Crippen LogP contribution in [0.15, 0.2) is 24.3 Å². The Morgan fingerprint density at radius 2 is 2.00 bits per heavy atom. The Labute approximate surface area is 125 Å². The second-order valence-corrected chi connectivity index (χ2v) is 6.79. The van der Waals surface area contributed by atoms with E-state index in [1.807, 2.05) is 18.2 Å². The molecule has 1 aromatic carbocycles. The largest absolute Gasteiger partial charge is 0.381 e. The number of nitrogens with zero attached hydrogens (tertiary/aromatic N) is 1. The van der Waals surface area contributed by atoms with E-state index in [1.165, 1.54) is 18.4 Å². The van der Waals surface area contributed by atoms with Gasteiger partial charge >= 0.3 is 0 Å². The van der Waals surface area contributed by atoms with Crippen molar-refractivity contribution in [3.63, 3.8) is 0 Å².